The normalized spacial score (nSPS) is 32.9. The maximum atomic E-state index is 10.8. The topological polar surface area (TPSA) is 144 Å². The van der Waals surface area contributed by atoms with Gasteiger partial charge in [0.1, 0.15) is 24.6 Å². The summed E-state index contributed by atoms with van der Waals surface area (Å²) in [5.41, 5.74) is 4.97. The Morgan fingerprint density at radius 2 is 2.24 bits per heavy atom. The lowest BCUT2D eigenvalue weighted by Gasteiger charge is -2.13. The summed E-state index contributed by atoms with van der Waals surface area (Å²) in [5, 5.41) is 31.8. The molecular weight excluding hydrogens is 232 g/mol. The van der Waals surface area contributed by atoms with Gasteiger partial charge in [0.25, 0.3) is 5.91 Å². The molecule has 0 saturated carbocycles. The van der Waals surface area contributed by atoms with Gasteiger partial charge in [0.05, 0.1) is 6.61 Å². The Morgan fingerprint density at radius 1 is 1.53 bits per heavy atom. The fourth-order valence-electron chi connectivity index (χ4n) is 1.61. The number of nitrogens with two attached hydrogens (primary N) is 1. The Balaban J connectivity index is 2.19. The van der Waals surface area contributed by atoms with E-state index in [9.17, 15) is 15.0 Å². The Morgan fingerprint density at radius 3 is 2.71 bits per heavy atom. The third-order valence-corrected chi connectivity index (χ3v) is 2.51. The zero-order chi connectivity index (χ0) is 12.6. The van der Waals surface area contributed by atoms with Gasteiger partial charge in [-0.1, -0.05) is 0 Å². The standard InChI is InChI=1S/C8H12N4O5/c9-6(16)7-10-2-12(11-7)8-5(15)4(14)3(1-13)17-8/h2-5,8,13-15H,1H2,(H2,9,16)/t3?,4-,5?,8?/m0/s1. The van der Waals surface area contributed by atoms with Crippen molar-refractivity contribution in [2.75, 3.05) is 6.61 Å². The van der Waals surface area contributed by atoms with Crippen molar-refractivity contribution in [1.29, 1.82) is 0 Å². The van der Waals surface area contributed by atoms with Crippen LogP contribution >= 0.6 is 0 Å². The molecule has 1 aliphatic rings. The molecule has 9 nitrogen and oxygen atoms in total. The monoisotopic (exact) mass is 244 g/mol. The van der Waals surface area contributed by atoms with Crippen LogP contribution in [0.4, 0.5) is 0 Å². The number of nitrogens with zero attached hydrogens (tertiary/aromatic N) is 3. The number of hydrogen-bond donors (Lipinski definition) is 4. The molecule has 1 fully saturated rings. The Kier molecular flexibility index (Phi) is 3.07. The Labute approximate surface area is 95.4 Å². The number of carbonyl (C=O) groups excluding carboxylic acids is 1. The third-order valence-electron chi connectivity index (χ3n) is 2.51. The van der Waals surface area contributed by atoms with Crippen molar-refractivity contribution in [2.45, 2.75) is 24.5 Å². The van der Waals surface area contributed by atoms with Crippen LogP contribution < -0.4 is 5.73 Å². The number of primary amides is 1. The highest BCUT2D eigenvalue weighted by molar-refractivity contribution is 5.88. The van der Waals surface area contributed by atoms with Crippen molar-refractivity contribution in [2.24, 2.45) is 5.73 Å². The first-order valence-electron chi connectivity index (χ1n) is 4.88. The molecule has 0 spiro atoms. The van der Waals surface area contributed by atoms with Gasteiger partial charge in [-0.25, -0.2) is 9.67 Å². The molecule has 2 heterocycles. The highest BCUT2D eigenvalue weighted by Gasteiger charge is 2.43. The van der Waals surface area contributed by atoms with Crippen LogP contribution in [-0.2, 0) is 4.74 Å². The van der Waals surface area contributed by atoms with E-state index in [1.807, 2.05) is 0 Å². The van der Waals surface area contributed by atoms with E-state index in [2.05, 4.69) is 10.1 Å². The smallest absolute Gasteiger partial charge is 0.288 e. The summed E-state index contributed by atoms with van der Waals surface area (Å²) in [7, 11) is 0. The van der Waals surface area contributed by atoms with Gasteiger partial charge in [-0.15, -0.1) is 5.10 Å². The number of aromatic nitrogens is 3. The minimum Gasteiger partial charge on any atom is -0.394 e. The number of hydrogen-bond acceptors (Lipinski definition) is 7. The van der Waals surface area contributed by atoms with E-state index in [0.717, 1.165) is 11.0 Å². The second-order valence-electron chi connectivity index (χ2n) is 3.64. The summed E-state index contributed by atoms with van der Waals surface area (Å²) in [5.74, 6) is -1.03. The molecule has 0 aromatic carbocycles. The minimum absolute atomic E-state index is 0.220. The molecular formula is C8H12N4O5. The predicted molar refractivity (Wildman–Crippen MR) is 51.5 cm³/mol. The third kappa shape index (κ3) is 2.00. The molecule has 0 radical (unpaired) electrons. The van der Waals surface area contributed by atoms with Crippen molar-refractivity contribution < 1.29 is 24.9 Å². The molecule has 9 heteroatoms. The molecule has 0 aliphatic carbocycles. The average molecular weight is 244 g/mol. The fraction of sp³-hybridized carbons (Fsp3) is 0.625. The van der Waals surface area contributed by atoms with Crippen LogP contribution in [0.5, 0.6) is 0 Å². The first kappa shape index (κ1) is 11.9. The van der Waals surface area contributed by atoms with Crippen LogP contribution in [0.2, 0.25) is 0 Å². The van der Waals surface area contributed by atoms with Crippen molar-refractivity contribution in [3.8, 4) is 0 Å². The van der Waals surface area contributed by atoms with Crippen molar-refractivity contribution in [3.63, 3.8) is 0 Å². The SMILES string of the molecule is NC(=O)c1ncn(C2OC(CO)[C@H](O)C2O)n1. The molecule has 94 valence electrons. The lowest BCUT2D eigenvalue weighted by atomic mass is 10.1. The summed E-state index contributed by atoms with van der Waals surface area (Å²) in [4.78, 5) is 14.4. The molecule has 5 N–H and O–H groups in total. The first-order chi connectivity index (χ1) is 8.04. The van der Waals surface area contributed by atoms with Gasteiger partial charge in [0.2, 0.25) is 5.82 Å². The van der Waals surface area contributed by atoms with E-state index < -0.39 is 37.1 Å². The highest BCUT2D eigenvalue weighted by Crippen LogP contribution is 2.28. The van der Waals surface area contributed by atoms with Gasteiger partial charge in [-0.2, -0.15) is 0 Å². The van der Waals surface area contributed by atoms with Gasteiger partial charge in [-0.05, 0) is 0 Å². The molecule has 1 aromatic heterocycles. The lowest BCUT2D eigenvalue weighted by molar-refractivity contribution is -0.0588. The minimum atomic E-state index is -1.27. The number of rotatable bonds is 3. The Bertz CT molecular complexity index is 422. The lowest BCUT2D eigenvalue weighted by Crippen LogP contribution is -2.33. The van der Waals surface area contributed by atoms with Crippen LogP contribution in [0.15, 0.2) is 6.33 Å². The Hall–Kier alpha value is -1.55. The van der Waals surface area contributed by atoms with Crippen molar-refractivity contribution in [3.05, 3.63) is 12.2 Å². The van der Waals surface area contributed by atoms with E-state index in [-0.39, 0.29) is 5.82 Å². The van der Waals surface area contributed by atoms with Gasteiger partial charge < -0.3 is 25.8 Å². The van der Waals surface area contributed by atoms with Crippen LogP contribution in [0.1, 0.15) is 16.8 Å². The van der Waals surface area contributed by atoms with Crippen LogP contribution in [0.3, 0.4) is 0 Å². The van der Waals surface area contributed by atoms with Crippen LogP contribution in [0.25, 0.3) is 0 Å². The number of aliphatic hydroxyl groups excluding tert-OH is 3. The van der Waals surface area contributed by atoms with Gasteiger partial charge in [-0.3, -0.25) is 4.79 Å². The number of aliphatic hydroxyl groups is 3. The number of amides is 1. The molecule has 17 heavy (non-hydrogen) atoms. The van der Waals surface area contributed by atoms with Crippen molar-refractivity contribution >= 4 is 5.91 Å². The van der Waals surface area contributed by atoms with Gasteiger partial charge in [0, 0.05) is 0 Å². The zero-order valence-electron chi connectivity index (χ0n) is 8.67. The summed E-state index contributed by atoms with van der Waals surface area (Å²) in [6.07, 6.45) is -3.26. The van der Waals surface area contributed by atoms with Crippen LogP contribution in [0, 0.1) is 0 Å². The first-order valence-corrected chi connectivity index (χ1v) is 4.88. The maximum absolute atomic E-state index is 10.8. The van der Waals surface area contributed by atoms with Gasteiger partial charge in [0.15, 0.2) is 6.23 Å². The molecule has 1 aliphatic heterocycles. The van der Waals surface area contributed by atoms with E-state index in [4.69, 9.17) is 15.6 Å². The zero-order valence-corrected chi connectivity index (χ0v) is 8.67. The predicted octanol–water partition coefficient (Wildman–Crippen LogP) is -3.01. The summed E-state index contributed by atoms with van der Waals surface area (Å²) in [6, 6.07) is 0. The van der Waals surface area contributed by atoms with Gasteiger partial charge >= 0.3 is 0 Å². The molecule has 1 amide bonds. The summed E-state index contributed by atoms with van der Waals surface area (Å²) in [6.45, 7) is -0.438. The van der Waals surface area contributed by atoms with E-state index in [0.29, 0.717) is 0 Å². The molecule has 2 rings (SSSR count). The molecule has 1 saturated heterocycles. The molecule has 4 atom stereocenters. The number of carbonyl (C=O) groups is 1. The second-order valence-corrected chi connectivity index (χ2v) is 3.64. The number of ether oxygens (including phenoxy) is 1. The second kappa shape index (κ2) is 4.37. The van der Waals surface area contributed by atoms with E-state index in [1.54, 1.807) is 0 Å². The summed E-state index contributed by atoms with van der Waals surface area (Å²) >= 11 is 0. The maximum Gasteiger partial charge on any atom is 0.288 e. The molecule has 3 unspecified atom stereocenters. The average Bonchev–Trinajstić information content (AvgIpc) is 2.87. The highest BCUT2D eigenvalue weighted by atomic mass is 16.6. The van der Waals surface area contributed by atoms with E-state index in [1.165, 1.54) is 0 Å². The van der Waals surface area contributed by atoms with Crippen LogP contribution in [-0.4, -0.2) is 60.9 Å². The molecule has 0 bridgehead atoms. The van der Waals surface area contributed by atoms with E-state index >= 15 is 0 Å². The quantitative estimate of drug-likeness (QED) is 0.443. The van der Waals surface area contributed by atoms with Crippen molar-refractivity contribution in [1.82, 2.24) is 14.8 Å². The molecule has 1 aromatic rings. The summed E-state index contributed by atoms with van der Waals surface area (Å²) < 4.78 is 6.25. The largest absolute Gasteiger partial charge is 0.394 e. The fourth-order valence-corrected chi connectivity index (χ4v) is 1.61.